The molecule has 0 bridgehead atoms. The summed E-state index contributed by atoms with van der Waals surface area (Å²) in [4.78, 5) is 14.0. The Hall–Kier alpha value is -2.20. The second-order valence-electron chi connectivity index (χ2n) is 6.93. The van der Waals surface area contributed by atoms with Crippen molar-refractivity contribution in [3.8, 4) is 5.75 Å². The number of aromatic nitrogens is 2. The fourth-order valence-corrected chi connectivity index (χ4v) is 5.72. The number of amides is 2. The molecule has 10 heteroatoms. The van der Waals surface area contributed by atoms with Crippen molar-refractivity contribution < 1.29 is 17.9 Å². The van der Waals surface area contributed by atoms with Gasteiger partial charge >= 0.3 is 6.03 Å². The number of benzene rings is 1. The molecule has 0 saturated heterocycles. The van der Waals surface area contributed by atoms with Gasteiger partial charge in [0, 0.05) is 25.8 Å². The molecule has 8 nitrogen and oxygen atoms in total. The number of carbonyl (C=O) groups is 1. The van der Waals surface area contributed by atoms with Gasteiger partial charge in [0.05, 0.1) is 12.4 Å². The first-order valence-electron chi connectivity index (χ1n) is 8.96. The molecule has 2 amide bonds. The second kappa shape index (κ2) is 8.44. The van der Waals surface area contributed by atoms with Crippen molar-refractivity contribution in [2.24, 2.45) is 0 Å². The standard InChI is InChI=1S/C18H24N4O4S2/c1-22(14-5-4-6-15(14)28(3,24)25)18(23)19-17-21-20-16(27-17)11-12-7-9-13(26-2)10-8-12/h7-10,14-15H,4-6,11H2,1-3H3,(H,19,21,23)/t14-,15-/m1/s1. The molecule has 1 aromatic heterocycles. The average molecular weight is 425 g/mol. The van der Waals surface area contributed by atoms with Crippen LogP contribution in [0.5, 0.6) is 5.75 Å². The lowest BCUT2D eigenvalue weighted by molar-refractivity contribution is 0.205. The van der Waals surface area contributed by atoms with E-state index in [1.807, 2.05) is 24.3 Å². The highest BCUT2D eigenvalue weighted by atomic mass is 32.2. The molecule has 2 aromatic rings. The topological polar surface area (TPSA) is 101 Å². The Labute approximate surface area is 168 Å². The average Bonchev–Trinajstić information content (AvgIpc) is 3.31. The number of carbonyl (C=O) groups excluding carboxylic acids is 1. The molecule has 1 aliphatic carbocycles. The number of rotatable bonds is 6. The lowest BCUT2D eigenvalue weighted by atomic mass is 10.1. The number of hydrogen-bond acceptors (Lipinski definition) is 7. The van der Waals surface area contributed by atoms with Gasteiger partial charge in [-0.3, -0.25) is 5.32 Å². The number of nitrogens with zero attached hydrogens (tertiary/aromatic N) is 3. The lowest BCUT2D eigenvalue weighted by Crippen LogP contribution is -2.46. The quantitative estimate of drug-likeness (QED) is 0.765. The molecule has 0 aliphatic heterocycles. The number of anilines is 1. The zero-order valence-electron chi connectivity index (χ0n) is 16.1. The normalized spacial score (nSPS) is 19.4. The zero-order chi connectivity index (χ0) is 20.3. The van der Waals surface area contributed by atoms with Crippen LogP contribution in [0.25, 0.3) is 0 Å². The van der Waals surface area contributed by atoms with Gasteiger partial charge in [0.15, 0.2) is 9.84 Å². The maximum absolute atomic E-state index is 12.6. The zero-order valence-corrected chi connectivity index (χ0v) is 17.7. The van der Waals surface area contributed by atoms with Crippen molar-refractivity contribution in [1.29, 1.82) is 0 Å². The van der Waals surface area contributed by atoms with Crippen LogP contribution in [0.1, 0.15) is 29.8 Å². The minimum Gasteiger partial charge on any atom is -0.497 e. The van der Waals surface area contributed by atoms with Crippen molar-refractivity contribution in [3.63, 3.8) is 0 Å². The van der Waals surface area contributed by atoms with Crippen LogP contribution in [0.4, 0.5) is 9.93 Å². The maximum atomic E-state index is 12.6. The van der Waals surface area contributed by atoms with Crippen LogP contribution in [-0.2, 0) is 16.3 Å². The summed E-state index contributed by atoms with van der Waals surface area (Å²) < 4.78 is 29.1. The van der Waals surface area contributed by atoms with Gasteiger partial charge in [-0.05, 0) is 37.0 Å². The third kappa shape index (κ3) is 4.79. The van der Waals surface area contributed by atoms with E-state index in [0.717, 1.165) is 22.7 Å². The molecule has 0 spiro atoms. The fourth-order valence-electron chi connectivity index (χ4n) is 3.47. The molecule has 28 heavy (non-hydrogen) atoms. The van der Waals surface area contributed by atoms with E-state index in [0.29, 0.717) is 24.4 Å². The molecule has 2 atom stereocenters. The monoisotopic (exact) mass is 424 g/mol. The molecule has 1 heterocycles. The van der Waals surface area contributed by atoms with Crippen molar-refractivity contribution in [2.75, 3.05) is 25.7 Å². The molecular formula is C18H24N4O4S2. The minimum absolute atomic E-state index is 0.318. The highest BCUT2D eigenvalue weighted by molar-refractivity contribution is 7.91. The van der Waals surface area contributed by atoms with Gasteiger partial charge in [0.1, 0.15) is 10.8 Å². The molecule has 1 fully saturated rings. The summed E-state index contributed by atoms with van der Waals surface area (Å²) in [7, 11) is 0.0536. The Morgan fingerprint density at radius 2 is 2.00 bits per heavy atom. The Morgan fingerprint density at radius 3 is 2.64 bits per heavy atom. The van der Waals surface area contributed by atoms with Gasteiger partial charge in [0.25, 0.3) is 0 Å². The first-order chi connectivity index (χ1) is 13.3. The summed E-state index contributed by atoms with van der Waals surface area (Å²) in [6, 6.07) is 6.99. The summed E-state index contributed by atoms with van der Waals surface area (Å²) in [5.74, 6) is 0.788. The summed E-state index contributed by atoms with van der Waals surface area (Å²) in [5.41, 5.74) is 1.06. The van der Waals surface area contributed by atoms with E-state index in [9.17, 15) is 13.2 Å². The Bertz CT molecular complexity index is 927. The van der Waals surface area contributed by atoms with Crippen LogP contribution < -0.4 is 10.1 Å². The third-order valence-electron chi connectivity index (χ3n) is 4.98. The van der Waals surface area contributed by atoms with Gasteiger partial charge in [0.2, 0.25) is 5.13 Å². The number of ether oxygens (including phenoxy) is 1. The molecule has 0 radical (unpaired) electrons. The van der Waals surface area contributed by atoms with Crippen LogP contribution in [-0.4, -0.2) is 61.3 Å². The number of hydrogen-bond donors (Lipinski definition) is 1. The first-order valence-corrected chi connectivity index (χ1v) is 11.7. The molecule has 3 rings (SSSR count). The molecule has 1 aromatic carbocycles. The smallest absolute Gasteiger partial charge is 0.323 e. The van der Waals surface area contributed by atoms with Gasteiger partial charge in [-0.25, -0.2) is 13.2 Å². The van der Waals surface area contributed by atoms with Crippen LogP contribution in [0, 0.1) is 0 Å². The summed E-state index contributed by atoms with van der Waals surface area (Å²) in [6.07, 6.45) is 3.90. The van der Waals surface area contributed by atoms with Crippen LogP contribution in [0.3, 0.4) is 0 Å². The Balaban J connectivity index is 1.61. The third-order valence-corrected chi connectivity index (χ3v) is 7.47. The van der Waals surface area contributed by atoms with E-state index in [4.69, 9.17) is 4.74 Å². The summed E-state index contributed by atoms with van der Waals surface area (Å²) in [6.45, 7) is 0. The second-order valence-corrected chi connectivity index (χ2v) is 10.3. The lowest BCUT2D eigenvalue weighted by Gasteiger charge is -2.28. The van der Waals surface area contributed by atoms with Gasteiger partial charge in [-0.2, -0.15) is 0 Å². The highest BCUT2D eigenvalue weighted by Crippen LogP contribution is 2.29. The Morgan fingerprint density at radius 1 is 1.29 bits per heavy atom. The largest absolute Gasteiger partial charge is 0.497 e. The van der Waals surface area contributed by atoms with Crippen LogP contribution in [0.2, 0.25) is 0 Å². The predicted molar refractivity (Wildman–Crippen MR) is 109 cm³/mol. The van der Waals surface area contributed by atoms with Crippen molar-refractivity contribution in [2.45, 2.75) is 37.0 Å². The van der Waals surface area contributed by atoms with E-state index >= 15 is 0 Å². The van der Waals surface area contributed by atoms with Crippen molar-refractivity contribution in [3.05, 3.63) is 34.8 Å². The van der Waals surface area contributed by atoms with Gasteiger partial charge < -0.3 is 9.64 Å². The number of methoxy groups -OCH3 is 1. The molecular weight excluding hydrogens is 400 g/mol. The van der Waals surface area contributed by atoms with E-state index in [1.165, 1.54) is 22.5 Å². The van der Waals surface area contributed by atoms with Gasteiger partial charge in [-0.15, -0.1) is 10.2 Å². The molecule has 0 unspecified atom stereocenters. The SMILES string of the molecule is COc1ccc(Cc2nnc(NC(=O)N(C)[C@@H]3CCC[C@H]3S(C)(=O)=O)s2)cc1. The molecule has 1 aliphatic rings. The van der Waals surface area contributed by atoms with Crippen LogP contribution >= 0.6 is 11.3 Å². The number of urea groups is 1. The Kier molecular flexibility index (Phi) is 6.19. The van der Waals surface area contributed by atoms with E-state index in [-0.39, 0.29) is 12.1 Å². The highest BCUT2D eigenvalue weighted by Gasteiger charge is 2.39. The minimum atomic E-state index is -3.19. The molecule has 1 saturated carbocycles. The summed E-state index contributed by atoms with van der Waals surface area (Å²) in [5, 5.41) is 11.6. The van der Waals surface area contributed by atoms with Crippen molar-refractivity contribution >= 4 is 32.3 Å². The van der Waals surface area contributed by atoms with E-state index in [1.54, 1.807) is 14.2 Å². The van der Waals surface area contributed by atoms with Crippen LogP contribution in [0.15, 0.2) is 24.3 Å². The predicted octanol–water partition coefficient (Wildman–Crippen LogP) is 2.57. The molecule has 1 N–H and O–H groups in total. The van der Waals surface area contributed by atoms with Gasteiger partial charge in [-0.1, -0.05) is 23.5 Å². The fraction of sp³-hybridized carbons (Fsp3) is 0.500. The number of sulfone groups is 1. The summed E-state index contributed by atoms with van der Waals surface area (Å²) >= 11 is 1.30. The maximum Gasteiger partial charge on any atom is 0.323 e. The van der Waals surface area contributed by atoms with E-state index in [2.05, 4.69) is 15.5 Å². The van der Waals surface area contributed by atoms with Crippen molar-refractivity contribution in [1.82, 2.24) is 15.1 Å². The molecule has 152 valence electrons. The first kappa shape index (κ1) is 20.5. The number of nitrogens with one attached hydrogen (secondary N) is 1. The van der Waals surface area contributed by atoms with E-state index < -0.39 is 15.1 Å².